The van der Waals surface area contributed by atoms with E-state index in [9.17, 15) is 15.0 Å². The summed E-state index contributed by atoms with van der Waals surface area (Å²) in [5, 5.41) is 19.1. The van der Waals surface area contributed by atoms with Gasteiger partial charge >= 0.3 is 0 Å². The molecule has 0 radical (unpaired) electrons. The molecule has 0 spiro atoms. The van der Waals surface area contributed by atoms with Gasteiger partial charge in [0.1, 0.15) is 0 Å². The Bertz CT molecular complexity index is 444. The van der Waals surface area contributed by atoms with Gasteiger partial charge in [-0.3, -0.25) is 4.79 Å². The Morgan fingerprint density at radius 1 is 1.35 bits per heavy atom. The number of amides is 1. The average Bonchev–Trinajstić information content (AvgIpc) is 2.58. The molecule has 1 heterocycles. The van der Waals surface area contributed by atoms with Crippen LogP contribution >= 0.6 is 27.5 Å². The molecule has 92 valence electrons. The maximum atomic E-state index is 12.1. The molecule has 1 aromatic carbocycles. The van der Waals surface area contributed by atoms with Crippen molar-refractivity contribution in [1.29, 1.82) is 0 Å². The lowest BCUT2D eigenvalue weighted by Crippen LogP contribution is -2.30. The van der Waals surface area contributed by atoms with E-state index < -0.39 is 12.2 Å². The highest BCUT2D eigenvalue weighted by Crippen LogP contribution is 2.24. The van der Waals surface area contributed by atoms with Crippen molar-refractivity contribution in [2.75, 3.05) is 13.1 Å². The summed E-state index contributed by atoms with van der Waals surface area (Å²) in [5.41, 5.74) is 0.371. The first-order valence-corrected chi connectivity index (χ1v) is 6.26. The van der Waals surface area contributed by atoms with Gasteiger partial charge in [0.25, 0.3) is 5.91 Å². The van der Waals surface area contributed by atoms with E-state index in [0.717, 1.165) is 4.47 Å². The Hall–Kier alpha value is -0.620. The van der Waals surface area contributed by atoms with E-state index in [4.69, 9.17) is 11.6 Å². The summed E-state index contributed by atoms with van der Waals surface area (Å²) < 4.78 is 0.792. The van der Waals surface area contributed by atoms with Crippen LogP contribution in [0.2, 0.25) is 5.02 Å². The molecule has 1 aliphatic rings. The highest BCUT2D eigenvalue weighted by molar-refractivity contribution is 9.10. The van der Waals surface area contributed by atoms with Gasteiger partial charge in [-0.25, -0.2) is 0 Å². The number of aliphatic hydroxyl groups excluding tert-OH is 2. The summed E-state index contributed by atoms with van der Waals surface area (Å²) in [6.45, 7) is 0.263. The largest absolute Gasteiger partial charge is 0.388 e. The van der Waals surface area contributed by atoms with Crippen molar-refractivity contribution in [2.24, 2.45) is 0 Å². The summed E-state index contributed by atoms with van der Waals surface area (Å²) >= 11 is 9.23. The first-order chi connectivity index (χ1) is 7.99. The molecular formula is C11H11BrClNO3. The minimum absolute atomic E-state index is 0.131. The molecule has 2 atom stereocenters. The maximum Gasteiger partial charge on any atom is 0.255 e. The van der Waals surface area contributed by atoms with Crippen LogP contribution in [0.1, 0.15) is 10.4 Å². The number of nitrogens with zero attached hydrogens (tertiary/aromatic N) is 1. The zero-order valence-electron chi connectivity index (χ0n) is 8.81. The second kappa shape index (κ2) is 4.94. The van der Waals surface area contributed by atoms with E-state index >= 15 is 0 Å². The van der Waals surface area contributed by atoms with Gasteiger partial charge in [0.15, 0.2) is 0 Å². The van der Waals surface area contributed by atoms with Gasteiger partial charge in [-0.05, 0) is 18.2 Å². The van der Waals surface area contributed by atoms with Crippen molar-refractivity contribution in [3.05, 3.63) is 33.3 Å². The number of hydrogen-bond acceptors (Lipinski definition) is 3. The molecule has 1 aromatic rings. The van der Waals surface area contributed by atoms with Crippen LogP contribution < -0.4 is 0 Å². The van der Waals surface area contributed by atoms with Crippen molar-refractivity contribution < 1.29 is 15.0 Å². The minimum Gasteiger partial charge on any atom is -0.388 e. The SMILES string of the molecule is O=C(c1ccc(Br)cc1Cl)N1C[C@@H](O)[C@@H](O)C1. The number of hydrogen-bond donors (Lipinski definition) is 2. The van der Waals surface area contributed by atoms with E-state index in [-0.39, 0.29) is 19.0 Å². The first kappa shape index (κ1) is 12.8. The van der Waals surface area contributed by atoms with Crippen molar-refractivity contribution >= 4 is 33.4 Å². The predicted molar refractivity (Wildman–Crippen MR) is 67.1 cm³/mol. The minimum atomic E-state index is -0.881. The molecule has 0 bridgehead atoms. The molecule has 4 nitrogen and oxygen atoms in total. The zero-order chi connectivity index (χ0) is 12.6. The molecule has 1 fully saturated rings. The topological polar surface area (TPSA) is 60.8 Å². The fourth-order valence-electron chi connectivity index (χ4n) is 1.77. The summed E-state index contributed by atoms with van der Waals surface area (Å²) in [6, 6.07) is 4.98. The quantitative estimate of drug-likeness (QED) is 0.819. The number of likely N-dealkylation sites (tertiary alicyclic amines) is 1. The molecule has 1 aliphatic heterocycles. The summed E-state index contributed by atoms with van der Waals surface area (Å²) in [7, 11) is 0. The molecular weight excluding hydrogens is 309 g/mol. The van der Waals surface area contributed by atoms with Gasteiger partial charge in [-0.2, -0.15) is 0 Å². The second-order valence-corrected chi connectivity index (χ2v) is 5.29. The van der Waals surface area contributed by atoms with E-state index in [2.05, 4.69) is 15.9 Å². The summed E-state index contributed by atoms with van der Waals surface area (Å²) in [4.78, 5) is 13.5. The second-order valence-electron chi connectivity index (χ2n) is 3.97. The summed E-state index contributed by atoms with van der Waals surface area (Å²) in [6.07, 6.45) is -1.76. The Balaban J connectivity index is 2.20. The fourth-order valence-corrected chi connectivity index (χ4v) is 2.52. The number of aliphatic hydroxyl groups is 2. The van der Waals surface area contributed by atoms with Crippen LogP contribution in [0.4, 0.5) is 0 Å². The van der Waals surface area contributed by atoms with Gasteiger partial charge in [-0.1, -0.05) is 27.5 Å². The third-order valence-corrected chi connectivity index (χ3v) is 3.51. The number of halogens is 2. The lowest BCUT2D eigenvalue weighted by Gasteiger charge is -2.16. The zero-order valence-corrected chi connectivity index (χ0v) is 11.1. The third-order valence-electron chi connectivity index (χ3n) is 2.71. The number of benzene rings is 1. The van der Waals surface area contributed by atoms with Crippen molar-refractivity contribution in [1.82, 2.24) is 4.90 Å². The molecule has 0 unspecified atom stereocenters. The number of carbonyl (C=O) groups is 1. The fraction of sp³-hybridized carbons (Fsp3) is 0.364. The van der Waals surface area contributed by atoms with Gasteiger partial charge < -0.3 is 15.1 Å². The van der Waals surface area contributed by atoms with Crippen LogP contribution in [-0.4, -0.2) is 46.3 Å². The predicted octanol–water partition coefficient (Wildman–Crippen LogP) is 1.28. The van der Waals surface area contributed by atoms with Crippen LogP contribution in [0.15, 0.2) is 22.7 Å². The number of carbonyl (C=O) groups excluding carboxylic acids is 1. The summed E-state index contributed by atoms with van der Waals surface area (Å²) in [5.74, 6) is -0.280. The smallest absolute Gasteiger partial charge is 0.255 e. The average molecular weight is 321 g/mol. The van der Waals surface area contributed by atoms with Gasteiger partial charge in [0.05, 0.1) is 22.8 Å². The standard InChI is InChI=1S/C11H11BrClNO3/c12-6-1-2-7(8(13)3-6)11(17)14-4-9(15)10(16)5-14/h1-3,9-10,15-16H,4-5H2/t9-,10+. The Morgan fingerprint density at radius 2 is 1.94 bits per heavy atom. The van der Waals surface area contributed by atoms with Crippen molar-refractivity contribution in [3.63, 3.8) is 0 Å². The molecule has 1 saturated heterocycles. The van der Waals surface area contributed by atoms with Crippen LogP contribution in [0, 0.1) is 0 Å². The Morgan fingerprint density at radius 3 is 2.47 bits per heavy atom. The van der Waals surface area contributed by atoms with Crippen LogP contribution in [0.5, 0.6) is 0 Å². The van der Waals surface area contributed by atoms with E-state index in [1.54, 1.807) is 18.2 Å². The lowest BCUT2D eigenvalue weighted by molar-refractivity contribution is 0.0572. The van der Waals surface area contributed by atoms with E-state index in [1.807, 2.05) is 0 Å². The molecule has 2 N–H and O–H groups in total. The van der Waals surface area contributed by atoms with Crippen LogP contribution in [0.3, 0.4) is 0 Å². The molecule has 1 amide bonds. The lowest BCUT2D eigenvalue weighted by atomic mass is 10.2. The monoisotopic (exact) mass is 319 g/mol. The normalized spacial score (nSPS) is 24.1. The van der Waals surface area contributed by atoms with Gasteiger partial charge in [0.2, 0.25) is 0 Å². The Kier molecular flexibility index (Phi) is 3.73. The van der Waals surface area contributed by atoms with E-state index in [1.165, 1.54) is 4.90 Å². The molecule has 17 heavy (non-hydrogen) atoms. The molecule has 6 heteroatoms. The number of rotatable bonds is 1. The van der Waals surface area contributed by atoms with Crippen LogP contribution in [0.25, 0.3) is 0 Å². The highest BCUT2D eigenvalue weighted by atomic mass is 79.9. The molecule has 2 rings (SSSR count). The molecule has 0 aliphatic carbocycles. The Labute approximate surface area is 112 Å². The molecule has 0 aromatic heterocycles. The van der Waals surface area contributed by atoms with E-state index in [0.29, 0.717) is 10.6 Å². The van der Waals surface area contributed by atoms with Gasteiger partial charge in [-0.15, -0.1) is 0 Å². The molecule has 0 saturated carbocycles. The third kappa shape index (κ3) is 2.63. The van der Waals surface area contributed by atoms with Crippen molar-refractivity contribution in [2.45, 2.75) is 12.2 Å². The highest BCUT2D eigenvalue weighted by Gasteiger charge is 2.33. The number of β-amino-alcohol motifs (C(OH)–C–C–N with tert-alkyl or cyclic N) is 2. The maximum absolute atomic E-state index is 12.1. The van der Waals surface area contributed by atoms with Crippen LogP contribution in [-0.2, 0) is 0 Å². The first-order valence-electron chi connectivity index (χ1n) is 5.09. The van der Waals surface area contributed by atoms with Crippen molar-refractivity contribution in [3.8, 4) is 0 Å². The van der Waals surface area contributed by atoms with Gasteiger partial charge in [0, 0.05) is 17.6 Å².